The molecule has 0 bridgehead atoms. The molecule has 126 valence electrons. The number of hydrogen-bond acceptors (Lipinski definition) is 4. The van der Waals surface area contributed by atoms with Gasteiger partial charge >= 0.3 is 5.97 Å². The standard InChI is InChI=1S/C19H15NO4S/c1-11-4-3-5-15(12(11)2)20-17(21)16(25-19(20)24)10-13-6-8-14(9-7-13)18(22)23/h3-10H,1-2H3,(H,22,23)/b16-10-. The number of aryl methyl sites for hydroxylation is 1. The van der Waals surface area contributed by atoms with Crippen LogP contribution in [-0.4, -0.2) is 22.2 Å². The SMILES string of the molecule is Cc1cccc(N2C(=O)S/C(=C\c3ccc(C(=O)O)cc3)C2=O)c1C. The average molecular weight is 353 g/mol. The summed E-state index contributed by atoms with van der Waals surface area (Å²) >= 11 is 0.879. The molecule has 6 heteroatoms. The van der Waals surface area contributed by atoms with E-state index in [4.69, 9.17) is 5.11 Å². The van der Waals surface area contributed by atoms with E-state index in [2.05, 4.69) is 0 Å². The summed E-state index contributed by atoms with van der Waals surface area (Å²) < 4.78 is 0. The molecule has 1 aliphatic heterocycles. The first-order chi connectivity index (χ1) is 11.9. The Morgan fingerprint density at radius 3 is 2.40 bits per heavy atom. The number of carboxylic acids is 1. The molecule has 1 fully saturated rings. The molecule has 3 rings (SSSR count). The zero-order chi connectivity index (χ0) is 18.1. The number of carboxylic acid groups (broad SMARTS) is 1. The van der Waals surface area contributed by atoms with Crippen LogP contribution < -0.4 is 4.90 Å². The lowest BCUT2D eigenvalue weighted by molar-refractivity contribution is -0.113. The average Bonchev–Trinajstić information content (AvgIpc) is 2.85. The number of amides is 2. The lowest BCUT2D eigenvalue weighted by Gasteiger charge is -2.16. The molecule has 2 aromatic rings. The summed E-state index contributed by atoms with van der Waals surface area (Å²) in [6.07, 6.45) is 1.60. The van der Waals surface area contributed by atoms with Crippen molar-refractivity contribution in [1.82, 2.24) is 0 Å². The maximum atomic E-state index is 12.7. The monoisotopic (exact) mass is 353 g/mol. The fourth-order valence-corrected chi connectivity index (χ4v) is 3.36. The number of benzene rings is 2. The van der Waals surface area contributed by atoms with Crippen LogP contribution in [0.3, 0.4) is 0 Å². The minimum absolute atomic E-state index is 0.167. The van der Waals surface area contributed by atoms with Crippen molar-refractivity contribution in [2.24, 2.45) is 0 Å². The van der Waals surface area contributed by atoms with Gasteiger partial charge in [0.05, 0.1) is 16.2 Å². The molecule has 0 aliphatic carbocycles. The molecule has 2 amide bonds. The van der Waals surface area contributed by atoms with Crippen molar-refractivity contribution in [2.45, 2.75) is 13.8 Å². The van der Waals surface area contributed by atoms with Gasteiger partial charge in [-0.05, 0) is 66.6 Å². The fraction of sp³-hybridized carbons (Fsp3) is 0.105. The molecule has 0 spiro atoms. The Labute approximate surface area is 149 Å². The van der Waals surface area contributed by atoms with Crippen LogP contribution >= 0.6 is 11.8 Å². The zero-order valence-corrected chi connectivity index (χ0v) is 14.5. The van der Waals surface area contributed by atoms with E-state index in [1.807, 2.05) is 26.0 Å². The van der Waals surface area contributed by atoms with E-state index in [0.717, 1.165) is 22.9 Å². The third-order valence-corrected chi connectivity index (χ3v) is 4.94. The second kappa shape index (κ2) is 6.57. The number of aromatic carboxylic acids is 1. The van der Waals surface area contributed by atoms with Crippen LogP contribution in [-0.2, 0) is 4.79 Å². The van der Waals surface area contributed by atoms with Crippen molar-refractivity contribution >= 4 is 40.6 Å². The molecule has 5 nitrogen and oxygen atoms in total. The summed E-state index contributed by atoms with van der Waals surface area (Å²) in [6, 6.07) is 11.6. The second-order valence-corrected chi connectivity index (χ2v) is 6.66. The third-order valence-electron chi connectivity index (χ3n) is 4.07. The van der Waals surface area contributed by atoms with Gasteiger partial charge in [0.1, 0.15) is 0 Å². The van der Waals surface area contributed by atoms with Crippen molar-refractivity contribution in [1.29, 1.82) is 0 Å². The molecular formula is C19H15NO4S. The Morgan fingerprint density at radius 1 is 1.08 bits per heavy atom. The van der Waals surface area contributed by atoms with E-state index in [0.29, 0.717) is 16.2 Å². The predicted molar refractivity (Wildman–Crippen MR) is 97.8 cm³/mol. The van der Waals surface area contributed by atoms with Crippen molar-refractivity contribution < 1.29 is 19.5 Å². The Kier molecular flexibility index (Phi) is 4.46. The van der Waals surface area contributed by atoms with Crippen LogP contribution in [0.25, 0.3) is 6.08 Å². The number of imide groups is 1. The molecule has 25 heavy (non-hydrogen) atoms. The molecule has 0 atom stereocenters. The molecule has 1 heterocycles. The van der Waals surface area contributed by atoms with Crippen LogP contribution in [0.4, 0.5) is 10.5 Å². The van der Waals surface area contributed by atoms with Crippen LogP contribution in [0.15, 0.2) is 47.4 Å². The normalized spacial score (nSPS) is 15.9. The van der Waals surface area contributed by atoms with Gasteiger partial charge in [-0.1, -0.05) is 24.3 Å². The Balaban J connectivity index is 1.93. The van der Waals surface area contributed by atoms with E-state index >= 15 is 0 Å². The summed E-state index contributed by atoms with van der Waals surface area (Å²) in [5.41, 5.74) is 3.31. The lowest BCUT2D eigenvalue weighted by Crippen LogP contribution is -2.28. The number of carbonyl (C=O) groups is 3. The van der Waals surface area contributed by atoms with Crippen LogP contribution in [0.5, 0.6) is 0 Å². The lowest BCUT2D eigenvalue weighted by atomic mass is 10.1. The smallest absolute Gasteiger partial charge is 0.335 e. The van der Waals surface area contributed by atoms with E-state index in [1.165, 1.54) is 17.0 Å². The molecule has 1 saturated heterocycles. The van der Waals surface area contributed by atoms with Gasteiger partial charge in [0, 0.05) is 0 Å². The quantitative estimate of drug-likeness (QED) is 0.835. The topological polar surface area (TPSA) is 74.7 Å². The van der Waals surface area contributed by atoms with E-state index in [1.54, 1.807) is 24.3 Å². The van der Waals surface area contributed by atoms with Crippen LogP contribution in [0, 0.1) is 13.8 Å². The number of nitrogens with zero attached hydrogens (tertiary/aromatic N) is 1. The fourth-order valence-electron chi connectivity index (χ4n) is 2.53. The highest BCUT2D eigenvalue weighted by Gasteiger charge is 2.37. The number of hydrogen-bond donors (Lipinski definition) is 1. The van der Waals surface area contributed by atoms with Gasteiger partial charge in [-0.15, -0.1) is 0 Å². The Hall–Kier alpha value is -2.86. The van der Waals surface area contributed by atoms with Crippen molar-refractivity contribution in [3.8, 4) is 0 Å². The summed E-state index contributed by atoms with van der Waals surface area (Å²) in [5.74, 6) is -1.38. The Morgan fingerprint density at radius 2 is 1.76 bits per heavy atom. The summed E-state index contributed by atoms with van der Waals surface area (Å²) in [4.78, 5) is 37.4. The summed E-state index contributed by atoms with van der Waals surface area (Å²) in [5, 5.41) is 8.58. The van der Waals surface area contributed by atoms with Gasteiger partial charge in [-0.25, -0.2) is 9.69 Å². The molecule has 1 aliphatic rings. The highest BCUT2D eigenvalue weighted by Crippen LogP contribution is 2.37. The largest absolute Gasteiger partial charge is 0.478 e. The van der Waals surface area contributed by atoms with E-state index in [-0.39, 0.29) is 16.7 Å². The van der Waals surface area contributed by atoms with Crippen LogP contribution in [0.2, 0.25) is 0 Å². The van der Waals surface area contributed by atoms with Gasteiger partial charge in [0.15, 0.2) is 0 Å². The highest BCUT2D eigenvalue weighted by atomic mass is 32.2. The van der Waals surface area contributed by atoms with E-state index in [9.17, 15) is 14.4 Å². The van der Waals surface area contributed by atoms with Gasteiger partial charge in [-0.3, -0.25) is 9.59 Å². The Bertz CT molecular complexity index is 916. The molecule has 0 radical (unpaired) electrons. The molecule has 2 aromatic carbocycles. The summed E-state index contributed by atoms with van der Waals surface area (Å²) in [7, 11) is 0. The first-order valence-electron chi connectivity index (χ1n) is 7.56. The molecular weight excluding hydrogens is 338 g/mol. The maximum Gasteiger partial charge on any atom is 0.335 e. The van der Waals surface area contributed by atoms with Gasteiger partial charge < -0.3 is 5.11 Å². The van der Waals surface area contributed by atoms with Gasteiger partial charge in [-0.2, -0.15) is 0 Å². The minimum Gasteiger partial charge on any atom is -0.478 e. The number of carbonyl (C=O) groups excluding carboxylic acids is 2. The van der Waals surface area contributed by atoms with Crippen molar-refractivity contribution in [3.05, 3.63) is 69.6 Å². The predicted octanol–water partition coefficient (Wildman–Crippen LogP) is 4.24. The van der Waals surface area contributed by atoms with E-state index < -0.39 is 5.97 Å². The number of thioether (sulfide) groups is 1. The second-order valence-electron chi connectivity index (χ2n) is 5.66. The first-order valence-corrected chi connectivity index (χ1v) is 8.37. The summed E-state index contributed by atoms with van der Waals surface area (Å²) in [6.45, 7) is 3.81. The third kappa shape index (κ3) is 3.21. The molecule has 0 aromatic heterocycles. The van der Waals surface area contributed by atoms with Gasteiger partial charge in [0.2, 0.25) is 0 Å². The molecule has 1 N–H and O–H groups in total. The first kappa shape index (κ1) is 17.0. The number of anilines is 1. The zero-order valence-electron chi connectivity index (χ0n) is 13.6. The number of rotatable bonds is 3. The van der Waals surface area contributed by atoms with Gasteiger partial charge in [0.25, 0.3) is 11.1 Å². The maximum absolute atomic E-state index is 12.7. The van der Waals surface area contributed by atoms with Crippen molar-refractivity contribution in [2.75, 3.05) is 4.90 Å². The molecule has 0 saturated carbocycles. The highest BCUT2D eigenvalue weighted by molar-refractivity contribution is 8.19. The minimum atomic E-state index is -1.01. The molecule has 0 unspecified atom stereocenters. The van der Waals surface area contributed by atoms with Crippen molar-refractivity contribution in [3.63, 3.8) is 0 Å². The van der Waals surface area contributed by atoms with Crippen LogP contribution in [0.1, 0.15) is 27.0 Å².